The number of carboxylic acids is 2. The predicted octanol–water partition coefficient (Wildman–Crippen LogP) is 2.26. The average molecular weight is 601 g/mol. The lowest BCUT2D eigenvalue weighted by Crippen LogP contribution is -2.35. The number of thioether (sulfide) groups is 2. The number of rotatable bonds is 11. The highest BCUT2D eigenvalue weighted by Crippen LogP contribution is 2.34. The van der Waals surface area contributed by atoms with Gasteiger partial charge in [0.1, 0.15) is 0 Å². The molecule has 2 amide bonds. The first-order chi connectivity index (χ1) is 19.5. The molecule has 0 spiro atoms. The van der Waals surface area contributed by atoms with Crippen LogP contribution in [0, 0.1) is 0 Å². The number of nitrogens with one attached hydrogen (secondary N) is 2. The Hall–Kier alpha value is -3.72. The van der Waals surface area contributed by atoms with Gasteiger partial charge in [-0.3, -0.25) is 31.0 Å². The standard InChI is InChI=1S/C18H16N2O6.C9H16N4S2/c21-15(11-5-1-3-7-13(11)17(23)24)19-9-10-20-16(22)12-6-2-4-8-14(12)18(25)26;10-8(12-4-6-14-8)2-1-3-9(11)13-5-7-15-9/h1-8H,9-10H2,(H,19,21)(H,20,22)(H,23,24)(H,25,26);4-5H,1-3,6-7,10-11H2. The van der Waals surface area contributed by atoms with E-state index in [1.165, 1.54) is 36.4 Å². The summed E-state index contributed by atoms with van der Waals surface area (Å²) < 4.78 is 0. The van der Waals surface area contributed by atoms with E-state index in [1.54, 1.807) is 35.7 Å². The second-order valence-electron chi connectivity index (χ2n) is 9.00. The fourth-order valence-corrected chi connectivity index (χ4v) is 5.72. The number of benzene rings is 2. The van der Waals surface area contributed by atoms with Crippen LogP contribution in [0.1, 0.15) is 60.7 Å². The van der Waals surface area contributed by atoms with E-state index < -0.39 is 33.7 Å². The van der Waals surface area contributed by atoms with Crippen LogP contribution in [-0.4, -0.2) is 81.0 Å². The van der Waals surface area contributed by atoms with Gasteiger partial charge in [-0.15, -0.1) is 23.5 Å². The van der Waals surface area contributed by atoms with Crippen LogP contribution in [-0.2, 0) is 0 Å². The molecule has 12 nitrogen and oxygen atoms in total. The number of hydrogen-bond acceptors (Lipinski definition) is 10. The molecular weight excluding hydrogens is 568 g/mol. The summed E-state index contributed by atoms with van der Waals surface area (Å²) in [7, 11) is 0. The van der Waals surface area contributed by atoms with Crippen LogP contribution in [0.2, 0.25) is 0 Å². The summed E-state index contributed by atoms with van der Waals surface area (Å²) in [6, 6.07) is 11.5. The number of carbonyl (C=O) groups is 4. The maximum atomic E-state index is 12.1. The van der Waals surface area contributed by atoms with E-state index in [-0.39, 0.29) is 35.3 Å². The van der Waals surface area contributed by atoms with Crippen molar-refractivity contribution in [3.05, 3.63) is 70.8 Å². The van der Waals surface area contributed by atoms with Gasteiger partial charge in [-0.25, -0.2) is 9.59 Å². The quantitative estimate of drug-likeness (QED) is 0.207. The zero-order valence-electron chi connectivity index (χ0n) is 22.1. The number of amides is 2. The highest BCUT2D eigenvalue weighted by Gasteiger charge is 2.31. The molecule has 4 rings (SSSR count). The van der Waals surface area contributed by atoms with Gasteiger partial charge in [0, 0.05) is 37.0 Å². The molecule has 2 aromatic carbocycles. The molecule has 2 aliphatic rings. The van der Waals surface area contributed by atoms with Gasteiger partial charge in [0.2, 0.25) is 0 Å². The number of nitrogens with two attached hydrogens (primary N) is 2. The van der Waals surface area contributed by atoms with Gasteiger partial charge in [0.25, 0.3) is 11.8 Å². The number of carbonyl (C=O) groups excluding carboxylic acids is 2. The van der Waals surface area contributed by atoms with Gasteiger partial charge >= 0.3 is 11.9 Å². The smallest absolute Gasteiger partial charge is 0.336 e. The van der Waals surface area contributed by atoms with E-state index in [1.807, 2.05) is 12.4 Å². The van der Waals surface area contributed by atoms with Crippen molar-refractivity contribution in [1.82, 2.24) is 10.6 Å². The monoisotopic (exact) mass is 600 g/mol. The Kier molecular flexibility index (Phi) is 11.5. The predicted molar refractivity (Wildman–Crippen MR) is 161 cm³/mol. The van der Waals surface area contributed by atoms with E-state index in [9.17, 15) is 19.2 Å². The number of aromatic carboxylic acids is 2. The molecule has 2 unspecified atom stereocenters. The SMILES string of the molecule is NC1(CCCC2(N)N=CCS2)N=CCS1.O=C(O)c1ccccc1C(=O)NCCNC(=O)c1ccccc1C(=O)O. The largest absolute Gasteiger partial charge is 0.478 e. The van der Waals surface area contributed by atoms with Gasteiger partial charge in [0.05, 0.1) is 22.3 Å². The fraction of sp³-hybridized carbons (Fsp3) is 0.333. The first-order valence-electron chi connectivity index (χ1n) is 12.7. The van der Waals surface area contributed by atoms with Crippen LogP contribution in [0.3, 0.4) is 0 Å². The fourth-order valence-electron chi connectivity index (χ4n) is 3.97. The maximum Gasteiger partial charge on any atom is 0.336 e. The minimum absolute atomic E-state index is 0.0162. The van der Waals surface area contributed by atoms with E-state index in [2.05, 4.69) is 20.6 Å². The minimum Gasteiger partial charge on any atom is -0.478 e. The first kappa shape index (κ1) is 31.8. The molecule has 0 radical (unpaired) electrons. The Morgan fingerprint density at radius 2 is 1.07 bits per heavy atom. The summed E-state index contributed by atoms with van der Waals surface area (Å²) in [4.78, 5) is 54.1. The molecule has 0 aliphatic carbocycles. The van der Waals surface area contributed by atoms with Crippen molar-refractivity contribution >= 4 is 59.7 Å². The molecule has 2 aromatic rings. The summed E-state index contributed by atoms with van der Waals surface area (Å²) in [6.07, 6.45) is 6.52. The molecule has 0 fully saturated rings. The summed E-state index contributed by atoms with van der Waals surface area (Å²) in [5, 5.41) is 23.2. The lowest BCUT2D eigenvalue weighted by atomic mass is 10.1. The zero-order valence-corrected chi connectivity index (χ0v) is 23.7. The first-order valence-corrected chi connectivity index (χ1v) is 14.6. The Labute approximate surface area is 245 Å². The number of carboxylic acid groups (broad SMARTS) is 2. The third-order valence-corrected chi connectivity index (χ3v) is 8.26. The third-order valence-electron chi connectivity index (χ3n) is 6.01. The van der Waals surface area contributed by atoms with Crippen LogP contribution < -0.4 is 22.1 Å². The number of aliphatic imine (C=N–C) groups is 2. The van der Waals surface area contributed by atoms with Crippen LogP contribution >= 0.6 is 23.5 Å². The van der Waals surface area contributed by atoms with Crippen molar-refractivity contribution in [2.24, 2.45) is 21.5 Å². The summed E-state index contributed by atoms with van der Waals surface area (Å²) in [5.41, 5.74) is 11.9. The molecule has 41 heavy (non-hydrogen) atoms. The molecule has 2 heterocycles. The van der Waals surface area contributed by atoms with Crippen LogP contribution in [0.15, 0.2) is 58.5 Å². The molecule has 0 bridgehead atoms. The normalized spacial score (nSPS) is 20.6. The summed E-state index contributed by atoms with van der Waals surface area (Å²) in [6.45, 7) is 0.0987. The van der Waals surface area contributed by atoms with Crippen molar-refractivity contribution < 1.29 is 29.4 Å². The average Bonchev–Trinajstić information content (AvgIpc) is 3.59. The van der Waals surface area contributed by atoms with Gasteiger partial charge < -0.3 is 20.8 Å². The van der Waals surface area contributed by atoms with E-state index in [4.69, 9.17) is 21.7 Å². The summed E-state index contributed by atoms with van der Waals surface area (Å²) in [5.74, 6) is -1.73. The van der Waals surface area contributed by atoms with E-state index >= 15 is 0 Å². The van der Waals surface area contributed by atoms with Crippen molar-refractivity contribution in [2.45, 2.75) is 29.3 Å². The molecule has 0 saturated carbocycles. The molecule has 2 atom stereocenters. The molecule has 8 N–H and O–H groups in total. The lowest BCUT2D eigenvalue weighted by Gasteiger charge is -2.23. The zero-order chi connectivity index (χ0) is 29.9. The second-order valence-corrected chi connectivity index (χ2v) is 11.7. The Balaban J connectivity index is 0.000000260. The molecule has 2 aliphatic heterocycles. The van der Waals surface area contributed by atoms with Crippen LogP contribution in [0.5, 0.6) is 0 Å². The Morgan fingerprint density at radius 1 is 0.707 bits per heavy atom. The highest BCUT2D eigenvalue weighted by molar-refractivity contribution is 8.01. The van der Waals surface area contributed by atoms with Crippen molar-refractivity contribution in [1.29, 1.82) is 0 Å². The summed E-state index contributed by atoms with van der Waals surface area (Å²) >= 11 is 3.39. The molecular formula is C27H32N6O6S2. The Morgan fingerprint density at radius 3 is 1.39 bits per heavy atom. The lowest BCUT2D eigenvalue weighted by molar-refractivity contribution is 0.0682. The van der Waals surface area contributed by atoms with Crippen molar-refractivity contribution in [3.63, 3.8) is 0 Å². The van der Waals surface area contributed by atoms with Gasteiger partial charge in [-0.05, 0) is 43.5 Å². The minimum atomic E-state index is -1.21. The van der Waals surface area contributed by atoms with Crippen LogP contribution in [0.25, 0.3) is 0 Å². The second kappa shape index (κ2) is 14.8. The van der Waals surface area contributed by atoms with Crippen molar-refractivity contribution in [3.8, 4) is 0 Å². The van der Waals surface area contributed by atoms with Gasteiger partial charge in [0.15, 0.2) is 9.99 Å². The molecule has 0 aromatic heterocycles. The maximum absolute atomic E-state index is 12.1. The third kappa shape index (κ3) is 9.42. The van der Waals surface area contributed by atoms with Gasteiger partial charge in [-0.2, -0.15) is 0 Å². The highest BCUT2D eigenvalue weighted by atomic mass is 32.2. The molecule has 218 valence electrons. The Bertz CT molecular complexity index is 1240. The van der Waals surface area contributed by atoms with Gasteiger partial charge in [-0.1, -0.05) is 24.3 Å². The molecule has 0 saturated heterocycles. The van der Waals surface area contributed by atoms with E-state index in [0.29, 0.717) is 0 Å². The van der Waals surface area contributed by atoms with Crippen molar-refractivity contribution in [2.75, 3.05) is 24.6 Å². The molecule has 14 heteroatoms. The number of hydrogen-bond donors (Lipinski definition) is 6. The van der Waals surface area contributed by atoms with Crippen LogP contribution in [0.4, 0.5) is 0 Å². The number of nitrogens with zero attached hydrogens (tertiary/aromatic N) is 2. The topological polar surface area (TPSA) is 210 Å². The van der Waals surface area contributed by atoms with E-state index in [0.717, 1.165) is 30.8 Å².